The second-order valence-corrected chi connectivity index (χ2v) is 11.3. The Bertz CT molecular complexity index is 1170. The van der Waals surface area contributed by atoms with Crippen molar-refractivity contribution in [3.63, 3.8) is 0 Å². The largest absolute Gasteiger partial charge is 0.380 e. The minimum atomic E-state index is -3.15. The van der Waals surface area contributed by atoms with E-state index in [2.05, 4.69) is 32.0 Å². The third kappa shape index (κ3) is 4.08. The Morgan fingerprint density at radius 3 is 2.81 bits per heavy atom. The molecule has 31 heavy (non-hydrogen) atoms. The first-order valence-corrected chi connectivity index (χ1v) is 12.9. The van der Waals surface area contributed by atoms with Crippen molar-refractivity contribution in [2.24, 2.45) is 0 Å². The Labute approximate surface area is 183 Å². The van der Waals surface area contributed by atoms with Crippen LogP contribution >= 0.6 is 0 Å². The molecule has 1 N–H and O–H groups in total. The average Bonchev–Trinajstić information content (AvgIpc) is 3.28. The summed E-state index contributed by atoms with van der Waals surface area (Å²) < 4.78 is 31.7. The number of likely N-dealkylation sites (tertiary alicyclic amines) is 1. The molecular weight excluding hydrogens is 412 g/mol. The van der Waals surface area contributed by atoms with E-state index in [1.807, 2.05) is 18.6 Å². The summed E-state index contributed by atoms with van der Waals surface area (Å²) in [5.41, 5.74) is 3.04. The van der Waals surface area contributed by atoms with E-state index in [-0.39, 0.29) is 17.2 Å². The summed E-state index contributed by atoms with van der Waals surface area (Å²) >= 11 is 0. The molecular formula is C23H30N4O3S. The van der Waals surface area contributed by atoms with E-state index in [1.54, 1.807) is 7.11 Å². The first-order valence-electron chi connectivity index (χ1n) is 11.2. The lowest BCUT2D eigenvalue weighted by molar-refractivity contribution is 0.0378. The lowest BCUT2D eigenvalue weighted by Gasteiger charge is -2.34. The lowest BCUT2D eigenvalue weighted by atomic mass is 9.82. The monoisotopic (exact) mass is 442 g/mol. The molecule has 7 nitrogen and oxygen atoms in total. The van der Waals surface area contributed by atoms with Crippen LogP contribution in [0, 0.1) is 0 Å². The second-order valence-electron chi connectivity index (χ2n) is 9.00. The van der Waals surface area contributed by atoms with Crippen LogP contribution in [0.2, 0.25) is 0 Å². The Morgan fingerprint density at radius 1 is 1.16 bits per heavy atom. The molecule has 4 heterocycles. The summed E-state index contributed by atoms with van der Waals surface area (Å²) in [7, 11) is -1.43. The summed E-state index contributed by atoms with van der Waals surface area (Å²) in [6, 6.07) is 4.16. The zero-order valence-corrected chi connectivity index (χ0v) is 18.8. The van der Waals surface area contributed by atoms with Crippen LogP contribution in [-0.4, -0.2) is 65.7 Å². The number of rotatable bonds is 5. The highest BCUT2D eigenvalue weighted by Gasteiger charge is 2.34. The average molecular weight is 443 g/mol. The van der Waals surface area contributed by atoms with E-state index in [0.29, 0.717) is 5.92 Å². The molecule has 0 radical (unpaired) electrons. The quantitative estimate of drug-likeness (QED) is 0.649. The Kier molecular flexibility index (Phi) is 5.71. The second kappa shape index (κ2) is 8.48. The van der Waals surface area contributed by atoms with Gasteiger partial charge in [0.2, 0.25) is 0 Å². The number of nitrogens with one attached hydrogen (secondary N) is 1. The number of aromatic amines is 1. The summed E-state index contributed by atoms with van der Waals surface area (Å²) in [4.78, 5) is 14.2. The molecule has 0 spiro atoms. The Balaban J connectivity index is 1.31. The Morgan fingerprint density at radius 2 is 2.00 bits per heavy atom. The number of aromatic nitrogens is 3. The molecule has 2 fully saturated rings. The lowest BCUT2D eigenvalue weighted by Crippen LogP contribution is -2.44. The fraction of sp³-hybridized carbons (Fsp3) is 0.565. The third-order valence-electron chi connectivity index (χ3n) is 7.10. The van der Waals surface area contributed by atoms with Gasteiger partial charge in [-0.05, 0) is 68.7 Å². The van der Waals surface area contributed by atoms with Gasteiger partial charge >= 0.3 is 0 Å². The summed E-state index contributed by atoms with van der Waals surface area (Å²) in [5.74, 6) is 0.515. The number of hydrogen-bond acceptors (Lipinski definition) is 6. The number of sulfone groups is 1. The molecule has 1 unspecified atom stereocenters. The fourth-order valence-electron chi connectivity index (χ4n) is 5.44. The molecule has 0 amide bonds. The molecule has 0 aromatic carbocycles. The maximum absolute atomic E-state index is 13.1. The van der Waals surface area contributed by atoms with E-state index in [1.165, 1.54) is 5.56 Å². The predicted octanol–water partition coefficient (Wildman–Crippen LogP) is 3.62. The maximum Gasteiger partial charge on any atom is 0.166 e. The zero-order chi connectivity index (χ0) is 21.4. The molecule has 1 saturated heterocycles. The van der Waals surface area contributed by atoms with Gasteiger partial charge in [0, 0.05) is 36.8 Å². The molecule has 166 valence electrons. The van der Waals surface area contributed by atoms with Gasteiger partial charge in [0.15, 0.2) is 9.84 Å². The van der Waals surface area contributed by atoms with Crippen LogP contribution < -0.4 is 0 Å². The van der Waals surface area contributed by atoms with E-state index in [0.717, 1.165) is 73.6 Å². The van der Waals surface area contributed by atoms with Crippen LogP contribution in [0.1, 0.15) is 50.0 Å². The van der Waals surface area contributed by atoms with Crippen molar-refractivity contribution in [3.05, 3.63) is 36.3 Å². The van der Waals surface area contributed by atoms with Gasteiger partial charge in [0.1, 0.15) is 11.5 Å². The number of H-pyrrole nitrogens is 1. The Hall–Kier alpha value is -2.03. The van der Waals surface area contributed by atoms with Crippen molar-refractivity contribution in [2.75, 3.05) is 26.1 Å². The summed E-state index contributed by atoms with van der Waals surface area (Å²) in [6.07, 6.45) is 11.0. The molecule has 8 heteroatoms. The van der Waals surface area contributed by atoms with Gasteiger partial charge < -0.3 is 9.72 Å². The van der Waals surface area contributed by atoms with Crippen molar-refractivity contribution >= 4 is 31.8 Å². The third-order valence-corrected chi connectivity index (χ3v) is 9.32. The summed E-state index contributed by atoms with van der Waals surface area (Å²) in [5, 5.41) is 2.00. The highest BCUT2D eigenvalue weighted by molar-refractivity contribution is 7.91. The maximum atomic E-state index is 13.1. The van der Waals surface area contributed by atoms with E-state index < -0.39 is 9.84 Å². The molecule has 1 aliphatic carbocycles. The number of hydrogen-bond donors (Lipinski definition) is 1. The highest BCUT2D eigenvalue weighted by atomic mass is 32.2. The SMILES string of the molecule is COC1CCCN(CS(=O)(=O)C2CCC(c3ccnc4cnc5[nH]ccc5c34)CC2)C1. The minimum absolute atomic E-state index is 0.152. The van der Waals surface area contributed by atoms with Crippen molar-refractivity contribution in [3.8, 4) is 0 Å². The molecule has 1 saturated carbocycles. The highest BCUT2D eigenvalue weighted by Crippen LogP contribution is 2.39. The molecule has 5 rings (SSSR count). The zero-order valence-electron chi connectivity index (χ0n) is 18.0. The molecule has 0 bridgehead atoms. The minimum Gasteiger partial charge on any atom is -0.380 e. The van der Waals surface area contributed by atoms with Crippen LogP contribution in [0.25, 0.3) is 21.9 Å². The van der Waals surface area contributed by atoms with Gasteiger partial charge in [-0.25, -0.2) is 13.4 Å². The van der Waals surface area contributed by atoms with E-state index in [9.17, 15) is 8.42 Å². The first kappa shape index (κ1) is 20.8. The number of methoxy groups -OCH3 is 1. The van der Waals surface area contributed by atoms with E-state index >= 15 is 0 Å². The van der Waals surface area contributed by atoms with Crippen LogP contribution in [-0.2, 0) is 14.6 Å². The van der Waals surface area contributed by atoms with Crippen molar-refractivity contribution in [1.82, 2.24) is 19.9 Å². The predicted molar refractivity (Wildman–Crippen MR) is 122 cm³/mol. The van der Waals surface area contributed by atoms with Gasteiger partial charge in [-0.2, -0.15) is 0 Å². The first-order chi connectivity index (χ1) is 15.0. The van der Waals surface area contributed by atoms with Crippen LogP contribution in [0.15, 0.2) is 30.7 Å². The molecule has 3 aromatic rings. The molecule has 1 aliphatic heterocycles. The van der Waals surface area contributed by atoms with Crippen LogP contribution in [0.4, 0.5) is 0 Å². The van der Waals surface area contributed by atoms with Crippen molar-refractivity contribution in [2.45, 2.75) is 55.8 Å². The van der Waals surface area contributed by atoms with Crippen LogP contribution in [0.3, 0.4) is 0 Å². The number of ether oxygens (including phenoxy) is 1. The van der Waals surface area contributed by atoms with Gasteiger partial charge in [-0.3, -0.25) is 9.88 Å². The topological polar surface area (TPSA) is 88.2 Å². The van der Waals surface area contributed by atoms with Crippen molar-refractivity contribution < 1.29 is 13.2 Å². The normalized spacial score (nSPS) is 25.9. The molecule has 1 atom stereocenters. The number of pyridine rings is 2. The van der Waals surface area contributed by atoms with Gasteiger partial charge in [-0.1, -0.05) is 0 Å². The summed E-state index contributed by atoms with van der Waals surface area (Å²) in [6.45, 7) is 1.56. The number of fused-ring (bicyclic) bond motifs is 3. The van der Waals surface area contributed by atoms with Gasteiger partial charge in [-0.15, -0.1) is 0 Å². The number of piperidine rings is 1. The molecule has 3 aromatic heterocycles. The number of nitrogens with zero attached hydrogens (tertiary/aromatic N) is 3. The van der Waals surface area contributed by atoms with Crippen LogP contribution in [0.5, 0.6) is 0 Å². The smallest absolute Gasteiger partial charge is 0.166 e. The van der Waals surface area contributed by atoms with Gasteiger partial charge in [0.05, 0.1) is 23.1 Å². The standard InChI is InChI=1S/C23H30N4O3S/c1-30-17-3-2-12-27(14-17)15-31(28,29)18-6-4-16(5-7-18)19-8-10-24-21-13-26-23-20(22(19)21)9-11-25-23/h8-11,13,16-18H,2-7,12,14-15H2,1H3,(H,25,26). The molecule has 2 aliphatic rings. The van der Waals surface area contributed by atoms with Crippen molar-refractivity contribution in [1.29, 1.82) is 0 Å². The fourth-order valence-corrected chi connectivity index (χ4v) is 7.38. The van der Waals surface area contributed by atoms with Gasteiger partial charge in [0.25, 0.3) is 0 Å². The van der Waals surface area contributed by atoms with E-state index in [4.69, 9.17) is 4.74 Å².